The summed E-state index contributed by atoms with van der Waals surface area (Å²) >= 11 is 0. The molecule has 0 saturated heterocycles. The van der Waals surface area contributed by atoms with Gasteiger partial charge in [0.1, 0.15) is 17.2 Å². The van der Waals surface area contributed by atoms with Crippen LogP contribution < -0.4 is 15.2 Å². The molecule has 4 heteroatoms. The summed E-state index contributed by atoms with van der Waals surface area (Å²) in [5, 5.41) is 0. The van der Waals surface area contributed by atoms with Gasteiger partial charge >= 0.3 is 0 Å². The fourth-order valence-corrected chi connectivity index (χ4v) is 1.96. The summed E-state index contributed by atoms with van der Waals surface area (Å²) in [6.07, 6.45) is 5.30. The van der Waals surface area contributed by atoms with Crippen molar-refractivity contribution in [3.05, 3.63) is 48.3 Å². The average molecular weight is 286 g/mol. The van der Waals surface area contributed by atoms with Crippen molar-refractivity contribution in [2.45, 2.75) is 32.7 Å². The SMILES string of the molecule is CCCOc1ccc(Oc2cncc(CC(C)N)c2)cc1. The minimum Gasteiger partial charge on any atom is -0.494 e. The molecule has 1 unspecified atom stereocenters. The van der Waals surface area contributed by atoms with Gasteiger partial charge in [-0.25, -0.2) is 0 Å². The lowest BCUT2D eigenvalue weighted by Crippen LogP contribution is -2.17. The molecule has 2 rings (SSSR count). The lowest BCUT2D eigenvalue weighted by molar-refractivity contribution is 0.317. The first-order valence-corrected chi connectivity index (χ1v) is 7.27. The standard InChI is InChI=1S/C17H22N2O2/c1-3-8-20-15-4-6-16(7-5-15)21-17-10-14(9-13(2)18)11-19-12-17/h4-7,10-13H,3,8-9,18H2,1-2H3. The number of hydrogen-bond acceptors (Lipinski definition) is 4. The Labute approximate surface area is 125 Å². The molecule has 0 radical (unpaired) electrons. The first kappa shape index (κ1) is 15.3. The molecule has 21 heavy (non-hydrogen) atoms. The van der Waals surface area contributed by atoms with Gasteiger partial charge in [0.2, 0.25) is 0 Å². The van der Waals surface area contributed by atoms with E-state index in [2.05, 4.69) is 11.9 Å². The maximum absolute atomic E-state index is 5.80. The van der Waals surface area contributed by atoms with E-state index in [-0.39, 0.29) is 6.04 Å². The predicted octanol–water partition coefficient (Wildman–Crippen LogP) is 3.55. The molecule has 0 saturated carbocycles. The summed E-state index contributed by atoms with van der Waals surface area (Å²) in [6, 6.07) is 9.68. The first-order valence-electron chi connectivity index (χ1n) is 7.27. The second kappa shape index (κ2) is 7.64. The van der Waals surface area contributed by atoms with E-state index in [1.54, 1.807) is 6.20 Å². The maximum Gasteiger partial charge on any atom is 0.145 e. The number of aromatic nitrogens is 1. The van der Waals surface area contributed by atoms with Crippen LogP contribution in [0.3, 0.4) is 0 Å². The number of rotatable bonds is 7. The van der Waals surface area contributed by atoms with Crippen LogP contribution in [0.2, 0.25) is 0 Å². The molecule has 0 aliphatic rings. The van der Waals surface area contributed by atoms with Crippen LogP contribution in [0.1, 0.15) is 25.8 Å². The Hall–Kier alpha value is -2.07. The molecule has 0 aliphatic heterocycles. The fourth-order valence-electron chi connectivity index (χ4n) is 1.96. The number of hydrogen-bond donors (Lipinski definition) is 1. The van der Waals surface area contributed by atoms with Gasteiger partial charge in [0, 0.05) is 12.2 Å². The Kier molecular flexibility index (Phi) is 5.58. The smallest absolute Gasteiger partial charge is 0.145 e. The van der Waals surface area contributed by atoms with Gasteiger partial charge in [0.15, 0.2) is 0 Å². The topological polar surface area (TPSA) is 57.4 Å². The molecular formula is C17H22N2O2. The summed E-state index contributed by atoms with van der Waals surface area (Å²) in [6.45, 7) is 4.78. The molecule has 1 aromatic carbocycles. The molecule has 2 aromatic rings. The van der Waals surface area contributed by atoms with E-state index in [9.17, 15) is 0 Å². The molecule has 1 atom stereocenters. The highest BCUT2D eigenvalue weighted by Gasteiger charge is 2.03. The van der Waals surface area contributed by atoms with Gasteiger partial charge in [0.05, 0.1) is 12.8 Å². The van der Waals surface area contributed by atoms with Crippen LogP contribution >= 0.6 is 0 Å². The van der Waals surface area contributed by atoms with Gasteiger partial charge in [-0.1, -0.05) is 6.92 Å². The Morgan fingerprint density at radius 3 is 2.48 bits per heavy atom. The average Bonchev–Trinajstić information content (AvgIpc) is 2.46. The second-order valence-corrected chi connectivity index (χ2v) is 5.13. The molecule has 4 nitrogen and oxygen atoms in total. The van der Waals surface area contributed by atoms with Crippen LogP contribution in [0.25, 0.3) is 0 Å². The number of ether oxygens (including phenoxy) is 2. The molecule has 0 amide bonds. The third-order valence-corrected chi connectivity index (χ3v) is 2.86. The van der Waals surface area contributed by atoms with Gasteiger partial charge < -0.3 is 15.2 Å². The first-order chi connectivity index (χ1) is 10.2. The fraction of sp³-hybridized carbons (Fsp3) is 0.353. The minimum absolute atomic E-state index is 0.108. The molecular weight excluding hydrogens is 264 g/mol. The number of benzene rings is 1. The Morgan fingerprint density at radius 2 is 1.81 bits per heavy atom. The number of pyridine rings is 1. The molecule has 0 spiro atoms. The van der Waals surface area contributed by atoms with E-state index in [0.29, 0.717) is 0 Å². The normalized spacial score (nSPS) is 12.0. The van der Waals surface area contributed by atoms with Gasteiger partial charge in [0.25, 0.3) is 0 Å². The lowest BCUT2D eigenvalue weighted by Gasteiger charge is -2.09. The molecule has 0 aliphatic carbocycles. The van der Waals surface area contributed by atoms with E-state index < -0.39 is 0 Å². The Morgan fingerprint density at radius 1 is 1.10 bits per heavy atom. The molecule has 0 bridgehead atoms. The summed E-state index contributed by atoms with van der Waals surface area (Å²) in [7, 11) is 0. The highest BCUT2D eigenvalue weighted by Crippen LogP contribution is 2.24. The predicted molar refractivity (Wildman–Crippen MR) is 83.9 cm³/mol. The van der Waals surface area contributed by atoms with E-state index >= 15 is 0 Å². The van der Waals surface area contributed by atoms with E-state index in [4.69, 9.17) is 15.2 Å². The van der Waals surface area contributed by atoms with E-state index in [1.165, 1.54) is 0 Å². The second-order valence-electron chi connectivity index (χ2n) is 5.13. The van der Waals surface area contributed by atoms with Crippen molar-refractivity contribution in [3.63, 3.8) is 0 Å². The van der Waals surface area contributed by atoms with Crippen molar-refractivity contribution in [2.24, 2.45) is 5.73 Å². The highest BCUT2D eigenvalue weighted by atomic mass is 16.5. The van der Waals surface area contributed by atoms with E-state index in [1.807, 2.05) is 43.5 Å². The number of nitrogens with zero attached hydrogens (tertiary/aromatic N) is 1. The van der Waals surface area contributed by atoms with Crippen molar-refractivity contribution in [2.75, 3.05) is 6.61 Å². The Balaban J connectivity index is 2.00. The Bertz CT molecular complexity index is 553. The van der Waals surface area contributed by atoms with Crippen LogP contribution in [0.15, 0.2) is 42.7 Å². The quantitative estimate of drug-likeness (QED) is 0.845. The van der Waals surface area contributed by atoms with Crippen molar-refractivity contribution in [3.8, 4) is 17.2 Å². The third kappa shape index (κ3) is 5.08. The zero-order valence-corrected chi connectivity index (χ0v) is 12.6. The van der Waals surface area contributed by atoms with Crippen LogP contribution in [0, 0.1) is 0 Å². The van der Waals surface area contributed by atoms with Gasteiger partial charge in [-0.2, -0.15) is 0 Å². The van der Waals surface area contributed by atoms with Crippen LogP contribution in [-0.4, -0.2) is 17.6 Å². The summed E-state index contributed by atoms with van der Waals surface area (Å²) < 4.78 is 11.3. The summed E-state index contributed by atoms with van der Waals surface area (Å²) in [5.74, 6) is 2.34. The zero-order chi connectivity index (χ0) is 15.1. The molecule has 2 N–H and O–H groups in total. The number of nitrogens with two attached hydrogens (primary N) is 1. The lowest BCUT2D eigenvalue weighted by atomic mass is 10.1. The maximum atomic E-state index is 5.80. The molecule has 1 aromatic heterocycles. The highest BCUT2D eigenvalue weighted by molar-refractivity contribution is 5.35. The van der Waals surface area contributed by atoms with Crippen molar-refractivity contribution < 1.29 is 9.47 Å². The van der Waals surface area contributed by atoms with Crippen molar-refractivity contribution in [1.82, 2.24) is 4.98 Å². The largest absolute Gasteiger partial charge is 0.494 e. The van der Waals surface area contributed by atoms with Crippen molar-refractivity contribution >= 4 is 0 Å². The van der Waals surface area contributed by atoms with Crippen LogP contribution in [0.4, 0.5) is 0 Å². The van der Waals surface area contributed by atoms with Crippen LogP contribution in [-0.2, 0) is 6.42 Å². The summed E-state index contributed by atoms with van der Waals surface area (Å²) in [4.78, 5) is 4.19. The minimum atomic E-state index is 0.108. The van der Waals surface area contributed by atoms with Gasteiger partial charge in [-0.15, -0.1) is 0 Å². The van der Waals surface area contributed by atoms with Crippen molar-refractivity contribution in [1.29, 1.82) is 0 Å². The molecule has 112 valence electrons. The van der Waals surface area contributed by atoms with E-state index in [0.717, 1.165) is 42.3 Å². The summed E-state index contributed by atoms with van der Waals surface area (Å²) in [5.41, 5.74) is 6.88. The molecule has 1 heterocycles. The van der Waals surface area contributed by atoms with Gasteiger partial charge in [-0.3, -0.25) is 4.98 Å². The van der Waals surface area contributed by atoms with Crippen LogP contribution in [0.5, 0.6) is 17.2 Å². The molecule has 0 fully saturated rings. The zero-order valence-electron chi connectivity index (χ0n) is 12.6. The third-order valence-electron chi connectivity index (χ3n) is 2.86. The monoisotopic (exact) mass is 286 g/mol. The van der Waals surface area contributed by atoms with Gasteiger partial charge in [-0.05, 0) is 55.7 Å².